The Labute approximate surface area is 177 Å². The highest BCUT2D eigenvalue weighted by molar-refractivity contribution is 5.99. The van der Waals surface area contributed by atoms with E-state index in [1.54, 1.807) is 37.3 Å². The van der Waals surface area contributed by atoms with Crippen LogP contribution in [-0.4, -0.2) is 44.6 Å². The smallest absolute Gasteiger partial charge is 0.228 e. The van der Waals surface area contributed by atoms with Gasteiger partial charge in [0.2, 0.25) is 11.7 Å². The number of pyridine rings is 3. The maximum atomic E-state index is 12.1. The molecule has 4 heterocycles. The molecule has 9 heteroatoms. The van der Waals surface area contributed by atoms with Crippen LogP contribution in [0.1, 0.15) is 24.2 Å². The summed E-state index contributed by atoms with van der Waals surface area (Å²) >= 11 is 0. The van der Waals surface area contributed by atoms with Gasteiger partial charge in [-0.3, -0.25) is 4.79 Å². The summed E-state index contributed by atoms with van der Waals surface area (Å²) in [5.74, 6) is 8.47. The Morgan fingerprint density at radius 2 is 2.06 bits per heavy atom. The van der Waals surface area contributed by atoms with E-state index < -0.39 is 0 Å². The van der Waals surface area contributed by atoms with Crippen LogP contribution in [0.4, 0.5) is 11.6 Å². The number of nitrogens with one attached hydrogen (secondary N) is 2. The van der Waals surface area contributed by atoms with E-state index in [0.717, 1.165) is 23.6 Å². The number of fused-ring (bicyclic) bond motifs is 2. The Morgan fingerprint density at radius 3 is 2.84 bits per heavy atom. The van der Waals surface area contributed by atoms with E-state index in [1.807, 2.05) is 18.2 Å². The molecule has 0 aromatic carbocycles. The fraction of sp³-hybridized carbons (Fsp3) is 0.227. The van der Waals surface area contributed by atoms with E-state index in [-0.39, 0.29) is 11.8 Å². The predicted octanol–water partition coefficient (Wildman–Crippen LogP) is 2.47. The first-order chi connectivity index (χ1) is 15.1. The summed E-state index contributed by atoms with van der Waals surface area (Å²) in [5.41, 5.74) is 1.36. The zero-order valence-corrected chi connectivity index (χ0v) is 17.0. The lowest BCUT2D eigenvalue weighted by Crippen LogP contribution is -2.14. The molecular formula is C22H19N7O2. The summed E-state index contributed by atoms with van der Waals surface area (Å²) in [6.45, 7) is 0. The van der Waals surface area contributed by atoms with Crippen molar-refractivity contribution < 1.29 is 9.53 Å². The van der Waals surface area contributed by atoms with Crippen molar-refractivity contribution in [3.8, 4) is 17.6 Å². The SMILES string of the molecule is CNc1ncc(C#Cc2nc3ccc(OC)cn3n2)c2cc(NC(=O)C3CC3)ncc12. The van der Waals surface area contributed by atoms with Crippen LogP contribution in [0.25, 0.3) is 16.4 Å². The number of anilines is 2. The van der Waals surface area contributed by atoms with Gasteiger partial charge in [-0.05, 0) is 37.0 Å². The van der Waals surface area contributed by atoms with E-state index in [0.29, 0.717) is 34.4 Å². The molecule has 9 nitrogen and oxygen atoms in total. The molecule has 4 aromatic rings. The van der Waals surface area contributed by atoms with Crippen molar-refractivity contribution in [1.82, 2.24) is 24.6 Å². The minimum absolute atomic E-state index is 0.00621. The van der Waals surface area contributed by atoms with Crippen LogP contribution < -0.4 is 15.4 Å². The van der Waals surface area contributed by atoms with Gasteiger partial charge in [0.05, 0.1) is 18.9 Å². The van der Waals surface area contributed by atoms with Gasteiger partial charge in [0.1, 0.15) is 17.4 Å². The highest BCUT2D eigenvalue weighted by Crippen LogP contribution is 2.31. The first kappa shape index (κ1) is 18.8. The first-order valence-electron chi connectivity index (χ1n) is 9.84. The van der Waals surface area contributed by atoms with E-state index in [1.165, 1.54) is 0 Å². The van der Waals surface area contributed by atoms with Gasteiger partial charge in [0, 0.05) is 36.1 Å². The second-order valence-electron chi connectivity index (χ2n) is 7.21. The van der Waals surface area contributed by atoms with Crippen molar-refractivity contribution in [3.05, 3.63) is 48.2 Å². The van der Waals surface area contributed by atoms with Crippen molar-refractivity contribution >= 4 is 34.0 Å². The maximum Gasteiger partial charge on any atom is 0.228 e. The highest BCUT2D eigenvalue weighted by atomic mass is 16.5. The van der Waals surface area contributed by atoms with Crippen LogP contribution in [0.3, 0.4) is 0 Å². The molecule has 31 heavy (non-hydrogen) atoms. The molecule has 2 N–H and O–H groups in total. The summed E-state index contributed by atoms with van der Waals surface area (Å²) < 4.78 is 6.84. The minimum atomic E-state index is 0.00621. The molecular weight excluding hydrogens is 394 g/mol. The Balaban J connectivity index is 1.53. The molecule has 0 radical (unpaired) electrons. The molecule has 1 amide bonds. The van der Waals surface area contributed by atoms with Gasteiger partial charge >= 0.3 is 0 Å². The standard InChI is InChI=1S/C22H19N7O2/c1-23-21-17-11-24-19(27-22(30)13-3-4-13)9-16(17)14(10-25-21)5-7-18-26-20-8-6-15(31-2)12-29(20)28-18/h6,8-13H,3-4H2,1-2H3,(H,23,25)(H,24,27,30). The molecule has 5 rings (SSSR count). The molecule has 1 aliphatic carbocycles. The third-order valence-corrected chi connectivity index (χ3v) is 5.06. The predicted molar refractivity (Wildman–Crippen MR) is 116 cm³/mol. The lowest BCUT2D eigenvalue weighted by molar-refractivity contribution is -0.117. The van der Waals surface area contributed by atoms with Crippen molar-refractivity contribution in [1.29, 1.82) is 0 Å². The normalized spacial score (nSPS) is 13.0. The molecule has 0 aliphatic heterocycles. The maximum absolute atomic E-state index is 12.1. The lowest BCUT2D eigenvalue weighted by atomic mass is 10.1. The van der Waals surface area contributed by atoms with Crippen molar-refractivity contribution in [3.63, 3.8) is 0 Å². The molecule has 0 unspecified atom stereocenters. The number of nitrogens with zero attached hydrogens (tertiary/aromatic N) is 5. The van der Waals surface area contributed by atoms with Gasteiger partial charge in [-0.25, -0.2) is 14.5 Å². The number of carbonyl (C=O) groups excluding carboxylic acids is 1. The number of rotatable bonds is 4. The average molecular weight is 413 g/mol. The quantitative estimate of drug-likeness (QED) is 0.495. The van der Waals surface area contributed by atoms with Gasteiger partial charge in [0.25, 0.3) is 0 Å². The van der Waals surface area contributed by atoms with Crippen LogP contribution in [0, 0.1) is 17.8 Å². The summed E-state index contributed by atoms with van der Waals surface area (Å²) in [4.78, 5) is 25.3. The number of amides is 1. The summed E-state index contributed by atoms with van der Waals surface area (Å²) in [6, 6.07) is 5.46. The first-order valence-corrected chi connectivity index (χ1v) is 9.84. The van der Waals surface area contributed by atoms with Crippen LogP contribution in [0.2, 0.25) is 0 Å². The molecule has 1 saturated carbocycles. The zero-order chi connectivity index (χ0) is 21.4. The van der Waals surface area contributed by atoms with Gasteiger partial charge < -0.3 is 15.4 Å². The van der Waals surface area contributed by atoms with Crippen molar-refractivity contribution in [2.45, 2.75) is 12.8 Å². The van der Waals surface area contributed by atoms with Crippen LogP contribution in [-0.2, 0) is 4.79 Å². The van der Waals surface area contributed by atoms with Gasteiger partial charge in [-0.2, -0.15) is 4.98 Å². The summed E-state index contributed by atoms with van der Waals surface area (Å²) in [6.07, 6.45) is 6.99. The molecule has 0 bridgehead atoms. The fourth-order valence-corrected chi connectivity index (χ4v) is 3.24. The monoisotopic (exact) mass is 413 g/mol. The second-order valence-corrected chi connectivity index (χ2v) is 7.21. The molecule has 0 saturated heterocycles. The Bertz CT molecular complexity index is 1380. The minimum Gasteiger partial charge on any atom is -0.495 e. The largest absolute Gasteiger partial charge is 0.495 e. The molecule has 4 aromatic heterocycles. The Hall–Kier alpha value is -4.19. The van der Waals surface area contributed by atoms with E-state index >= 15 is 0 Å². The average Bonchev–Trinajstić information content (AvgIpc) is 3.57. The van der Waals surface area contributed by atoms with Gasteiger partial charge in [0.15, 0.2) is 5.65 Å². The number of carbonyl (C=O) groups is 1. The second kappa shape index (κ2) is 7.57. The van der Waals surface area contributed by atoms with E-state index in [4.69, 9.17) is 4.74 Å². The third kappa shape index (κ3) is 3.71. The van der Waals surface area contributed by atoms with Crippen molar-refractivity contribution in [2.75, 3.05) is 24.8 Å². The number of hydrogen-bond donors (Lipinski definition) is 2. The highest BCUT2D eigenvalue weighted by Gasteiger charge is 2.29. The zero-order valence-electron chi connectivity index (χ0n) is 17.0. The number of aromatic nitrogens is 5. The van der Waals surface area contributed by atoms with Gasteiger partial charge in [-0.15, -0.1) is 5.10 Å². The number of methoxy groups -OCH3 is 1. The number of ether oxygens (including phenoxy) is 1. The lowest BCUT2D eigenvalue weighted by Gasteiger charge is -2.09. The molecule has 0 spiro atoms. The topological polar surface area (TPSA) is 106 Å². The number of hydrogen-bond acceptors (Lipinski definition) is 7. The van der Waals surface area contributed by atoms with E-state index in [9.17, 15) is 4.79 Å². The molecule has 1 fully saturated rings. The summed E-state index contributed by atoms with van der Waals surface area (Å²) in [7, 11) is 3.40. The van der Waals surface area contributed by atoms with Crippen LogP contribution in [0.5, 0.6) is 5.75 Å². The Morgan fingerprint density at radius 1 is 1.19 bits per heavy atom. The van der Waals surface area contributed by atoms with Gasteiger partial charge in [-0.1, -0.05) is 5.92 Å². The van der Waals surface area contributed by atoms with Crippen LogP contribution in [0.15, 0.2) is 36.8 Å². The third-order valence-electron chi connectivity index (χ3n) is 5.06. The van der Waals surface area contributed by atoms with E-state index in [2.05, 4.69) is 42.5 Å². The Kier molecular flexibility index (Phi) is 4.59. The van der Waals surface area contributed by atoms with Crippen LogP contribution >= 0.6 is 0 Å². The molecule has 154 valence electrons. The fourth-order valence-electron chi connectivity index (χ4n) is 3.24. The molecule has 0 atom stereocenters. The summed E-state index contributed by atoms with van der Waals surface area (Å²) in [5, 5.41) is 12.0. The van der Waals surface area contributed by atoms with Crippen molar-refractivity contribution in [2.24, 2.45) is 5.92 Å². The molecule has 1 aliphatic rings.